The fourth-order valence-electron chi connectivity index (χ4n) is 4.43. The van der Waals surface area contributed by atoms with E-state index in [-0.39, 0.29) is 11.0 Å². The van der Waals surface area contributed by atoms with Crippen LogP contribution in [0.3, 0.4) is 0 Å². The molecule has 1 aliphatic rings. The summed E-state index contributed by atoms with van der Waals surface area (Å²) in [7, 11) is 3.42. The van der Waals surface area contributed by atoms with Crippen LogP contribution in [-0.4, -0.2) is 33.0 Å². The van der Waals surface area contributed by atoms with Gasteiger partial charge in [-0.15, -0.1) is 0 Å². The smallest absolute Gasteiger partial charge is 0.118 e. The lowest BCUT2D eigenvalue weighted by Gasteiger charge is -2.45. The van der Waals surface area contributed by atoms with Gasteiger partial charge in [0.2, 0.25) is 0 Å². The van der Waals surface area contributed by atoms with Gasteiger partial charge in [-0.25, -0.2) is 0 Å². The molecule has 0 amide bonds. The van der Waals surface area contributed by atoms with E-state index < -0.39 is 0 Å². The molecule has 3 rings (SSSR count). The minimum absolute atomic E-state index is 0.0891. The highest BCUT2D eigenvalue weighted by atomic mass is 16.5. The van der Waals surface area contributed by atoms with Gasteiger partial charge in [0.05, 0.1) is 26.4 Å². The first-order valence-electron chi connectivity index (χ1n) is 10.2. The van der Waals surface area contributed by atoms with Gasteiger partial charge in [-0.05, 0) is 68.7 Å². The number of nitrogens with two attached hydrogens (primary N) is 1. The molecule has 2 aromatic carbocycles. The highest BCUT2D eigenvalue weighted by Gasteiger charge is 2.42. The van der Waals surface area contributed by atoms with Gasteiger partial charge in [0.15, 0.2) is 0 Å². The molecule has 0 aromatic heterocycles. The molecule has 1 heterocycles. The highest BCUT2D eigenvalue weighted by Crippen LogP contribution is 2.44. The van der Waals surface area contributed by atoms with Gasteiger partial charge in [0, 0.05) is 24.0 Å². The van der Waals surface area contributed by atoms with Gasteiger partial charge >= 0.3 is 0 Å². The molecule has 0 bridgehead atoms. The molecular formula is C24H34NO3+. The molecule has 0 saturated carbocycles. The maximum absolute atomic E-state index is 6.04. The van der Waals surface area contributed by atoms with Crippen LogP contribution in [0.4, 0.5) is 0 Å². The molecule has 28 heavy (non-hydrogen) atoms. The third-order valence-corrected chi connectivity index (χ3v) is 5.91. The van der Waals surface area contributed by atoms with Crippen LogP contribution < -0.4 is 14.8 Å². The third-order valence-electron chi connectivity index (χ3n) is 5.91. The Labute approximate surface area is 169 Å². The van der Waals surface area contributed by atoms with Crippen LogP contribution in [0.25, 0.3) is 0 Å². The van der Waals surface area contributed by atoms with Crippen LogP contribution in [0.5, 0.6) is 11.5 Å². The standard InChI is InChI=1S/C24H33NO3/c1-23(2)18-24(14-16-28-23,20-7-11-22(27-4)12-8-20)13-15-25-17-19-5-9-21(26-3)10-6-19/h5-12,25H,13-18H2,1-4H3/p+1/t24-/m0/s1. The molecule has 1 aliphatic heterocycles. The number of hydrogen-bond acceptors (Lipinski definition) is 3. The summed E-state index contributed by atoms with van der Waals surface area (Å²) in [5.74, 6) is 1.82. The van der Waals surface area contributed by atoms with Gasteiger partial charge < -0.3 is 19.5 Å². The predicted octanol–water partition coefficient (Wildman–Crippen LogP) is 3.68. The number of hydrogen-bond donors (Lipinski definition) is 1. The Bertz CT molecular complexity index is 739. The molecule has 0 spiro atoms. The lowest BCUT2D eigenvalue weighted by Crippen LogP contribution is -2.83. The number of methoxy groups -OCH3 is 2. The van der Waals surface area contributed by atoms with E-state index in [1.54, 1.807) is 14.2 Å². The number of benzene rings is 2. The minimum atomic E-state index is -0.0891. The van der Waals surface area contributed by atoms with Gasteiger partial charge in [-0.2, -0.15) is 0 Å². The van der Waals surface area contributed by atoms with Crippen LogP contribution in [0.15, 0.2) is 48.5 Å². The van der Waals surface area contributed by atoms with E-state index in [1.165, 1.54) is 11.1 Å². The van der Waals surface area contributed by atoms with Crippen LogP contribution in [0.2, 0.25) is 0 Å². The van der Waals surface area contributed by atoms with Crippen molar-refractivity contribution in [3.05, 3.63) is 59.7 Å². The van der Waals surface area contributed by atoms with Crippen molar-refractivity contribution in [2.45, 2.75) is 50.7 Å². The molecule has 0 aliphatic carbocycles. The second-order valence-electron chi connectivity index (χ2n) is 8.42. The van der Waals surface area contributed by atoms with Crippen molar-refractivity contribution in [3.63, 3.8) is 0 Å². The minimum Gasteiger partial charge on any atom is -0.497 e. The first kappa shape index (κ1) is 20.7. The van der Waals surface area contributed by atoms with Crippen molar-refractivity contribution >= 4 is 0 Å². The Balaban J connectivity index is 1.66. The van der Waals surface area contributed by atoms with Crippen LogP contribution >= 0.6 is 0 Å². The maximum atomic E-state index is 6.04. The van der Waals surface area contributed by atoms with Crippen molar-refractivity contribution in [2.75, 3.05) is 27.4 Å². The summed E-state index contributed by atoms with van der Waals surface area (Å²) < 4.78 is 16.6. The summed E-state index contributed by atoms with van der Waals surface area (Å²) >= 11 is 0. The van der Waals surface area contributed by atoms with Gasteiger partial charge in [0.1, 0.15) is 18.0 Å². The van der Waals surface area contributed by atoms with E-state index in [2.05, 4.69) is 55.6 Å². The van der Waals surface area contributed by atoms with Gasteiger partial charge in [-0.1, -0.05) is 12.1 Å². The zero-order valence-corrected chi connectivity index (χ0v) is 17.7. The predicted molar refractivity (Wildman–Crippen MR) is 112 cm³/mol. The van der Waals surface area contributed by atoms with Crippen molar-refractivity contribution in [1.29, 1.82) is 0 Å². The topological polar surface area (TPSA) is 44.3 Å². The van der Waals surface area contributed by atoms with Crippen LogP contribution in [0, 0.1) is 0 Å². The third kappa shape index (κ3) is 5.06. The Morgan fingerprint density at radius 3 is 2.11 bits per heavy atom. The second kappa shape index (κ2) is 8.97. The van der Waals surface area contributed by atoms with E-state index in [9.17, 15) is 0 Å². The molecule has 1 saturated heterocycles. The summed E-state index contributed by atoms with van der Waals surface area (Å²) in [6, 6.07) is 17.0. The molecule has 4 heteroatoms. The number of ether oxygens (including phenoxy) is 3. The molecule has 4 nitrogen and oxygen atoms in total. The maximum Gasteiger partial charge on any atom is 0.118 e. The van der Waals surface area contributed by atoms with E-state index >= 15 is 0 Å². The Morgan fingerprint density at radius 1 is 0.929 bits per heavy atom. The quantitative estimate of drug-likeness (QED) is 0.706. The lowest BCUT2D eigenvalue weighted by atomic mass is 9.67. The molecule has 2 aromatic rings. The van der Waals surface area contributed by atoms with Crippen LogP contribution in [-0.2, 0) is 16.7 Å². The Hall–Kier alpha value is -2.04. The molecule has 0 unspecified atom stereocenters. The zero-order chi connectivity index (χ0) is 20.0. The number of quaternary nitrogens is 1. The molecule has 0 radical (unpaired) electrons. The summed E-state index contributed by atoms with van der Waals surface area (Å²) in [6.45, 7) is 7.32. The van der Waals surface area contributed by atoms with Gasteiger partial charge in [0.25, 0.3) is 0 Å². The molecule has 152 valence electrons. The van der Waals surface area contributed by atoms with Crippen molar-refractivity contribution in [3.8, 4) is 11.5 Å². The first-order valence-corrected chi connectivity index (χ1v) is 10.2. The van der Waals surface area contributed by atoms with Gasteiger partial charge in [-0.3, -0.25) is 0 Å². The molecule has 1 atom stereocenters. The average Bonchev–Trinajstić information content (AvgIpc) is 2.71. The Kier molecular flexibility index (Phi) is 6.63. The fraction of sp³-hybridized carbons (Fsp3) is 0.500. The van der Waals surface area contributed by atoms with Crippen molar-refractivity contribution in [2.24, 2.45) is 0 Å². The van der Waals surface area contributed by atoms with Crippen molar-refractivity contribution in [1.82, 2.24) is 0 Å². The Morgan fingerprint density at radius 2 is 1.54 bits per heavy atom. The van der Waals surface area contributed by atoms with E-state index in [0.29, 0.717) is 0 Å². The molecule has 1 fully saturated rings. The lowest BCUT2D eigenvalue weighted by molar-refractivity contribution is -0.672. The van der Waals surface area contributed by atoms with E-state index in [1.807, 2.05) is 12.1 Å². The summed E-state index contributed by atoms with van der Waals surface area (Å²) in [5.41, 5.74) is 2.80. The summed E-state index contributed by atoms with van der Waals surface area (Å²) in [4.78, 5) is 0. The summed E-state index contributed by atoms with van der Waals surface area (Å²) in [6.07, 6.45) is 3.25. The fourth-order valence-corrected chi connectivity index (χ4v) is 4.43. The number of rotatable bonds is 8. The highest BCUT2D eigenvalue weighted by molar-refractivity contribution is 5.33. The van der Waals surface area contributed by atoms with Crippen molar-refractivity contribution < 1.29 is 19.5 Å². The monoisotopic (exact) mass is 384 g/mol. The molecular weight excluding hydrogens is 350 g/mol. The average molecular weight is 385 g/mol. The summed E-state index contributed by atoms with van der Waals surface area (Å²) in [5, 5.41) is 2.41. The second-order valence-corrected chi connectivity index (χ2v) is 8.42. The largest absolute Gasteiger partial charge is 0.497 e. The molecule has 2 N–H and O–H groups in total. The zero-order valence-electron chi connectivity index (χ0n) is 17.7. The SMILES string of the molecule is COc1ccc(C[NH2+]CC[C@]2(c3ccc(OC)cc3)CCOC(C)(C)C2)cc1. The van der Waals surface area contributed by atoms with E-state index in [0.717, 1.165) is 50.5 Å². The normalized spacial score (nSPS) is 21.3. The van der Waals surface area contributed by atoms with E-state index in [4.69, 9.17) is 14.2 Å². The first-order chi connectivity index (χ1) is 13.5. The van der Waals surface area contributed by atoms with Crippen LogP contribution in [0.1, 0.15) is 44.2 Å².